The highest BCUT2D eigenvalue weighted by atomic mass is 16.5. The summed E-state index contributed by atoms with van der Waals surface area (Å²) < 4.78 is 5.69. The van der Waals surface area contributed by atoms with Gasteiger partial charge in [0.1, 0.15) is 5.82 Å². The average molecular weight is 385 g/mol. The Morgan fingerprint density at radius 3 is 2.45 bits per heavy atom. The molecule has 1 aliphatic heterocycles. The van der Waals surface area contributed by atoms with Gasteiger partial charge >= 0.3 is 0 Å². The molecule has 2 aromatic heterocycles. The van der Waals surface area contributed by atoms with Crippen LogP contribution in [0.5, 0.6) is 0 Å². The number of fused-ring (bicyclic) bond motifs is 1. The van der Waals surface area contributed by atoms with Crippen molar-refractivity contribution in [1.82, 2.24) is 20.0 Å². The molecule has 2 aromatic carbocycles. The number of rotatable bonds is 3. The molecule has 0 saturated carbocycles. The van der Waals surface area contributed by atoms with Gasteiger partial charge in [0.25, 0.3) is 5.89 Å². The second-order valence-corrected chi connectivity index (χ2v) is 7.62. The molecule has 0 unspecified atom stereocenters. The van der Waals surface area contributed by atoms with Gasteiger partial charge in [0, 0.05) is 37.1 Å². The van der Waals surface area contributed by atoms with Gasteiger partial charge in [-0.2, -0.15) is 4.98 Å². The lowest BCUT2D eigenvalue weighted by molar-refractivity contribution is 0.312. The lowest BCUT2D eigenvalue weighted by Crippen LogP contribution is -2.44. The molecule has 3 heterocycles. The van der Waals surface area contributed by atoms with Crippen LogP contribution >= 0.6 is 0 Å². The maximum atomic E-state index is 5.69. The van der Waals surface area contributed by atoms with E-state index in [9.17, 15) is 0 Å². The summed E-state index contributed by atoms with van der Waals surface area (Å²) in [5, 5.41) is 5.24. The van der Waals surface area contributed by atoms with E-state index in [0.717, 1.165) is 54.0 Å². The van der Waals surface area contributed by atoms with E-state index in [0.29, 0.717) is 11.7 Å². The molecule has 0 bridgehead atoms. The first-order chi connectivity index (χ1) is 14.2. The number of hydrogen-bond donors (Lipinski definition) is 0. The number of likely N-dealkylation sites (N-methyl/N-ethyl adjacent to an activating group) is 1. The van der Waals surface area contributed by atoms with Crippen molar-refractivity contribution in [2.24, 2.45) is 0 Å². The molecule has 0 radical (unpaired) electrons. The van der Waals surface area contributed by atoms with Gasteiger partial charge in [-0.3, -0.25) is 0 Å². The molecule has 1 aliphatic rings. The second-order valence-electron chi connectivity index (χ2n) is 7.62. The first-order valence-corrected chi connectivity index (χ1v) is 9.92. The third-order valence-corrected chi connectivity index (χ3v) is 5.50. The number of nitrogens with zero attached hydrogens (tertiary/aromatic N) is 5. The summed E-state index contributed by atoms with van der Waals surface area (Å²) in [7, 11) is 2.15. The SMILES string of the molecule is Cc1ccc(-c2noc(-c3cc(N4CCN(C)CC4)nc4ccccc34)n2)cc1. The Balaban J connectivity index is 1.58. The van der Waals surface area contributed by atoms with E-state index < -0.39 is 0 Å². The first-order valence-electron chi connectivity index (χ1n) is 9.92. The molecule has 1 saturated heterocycles. The van der Waals surface area contributed by atoms with Crippen LogP contribution in [0.3, 0.4) is 0 Å². The van der Waals surface area contributed by atoms with Crippen molar-refractivity contribution in [3.8, 4) is 22.8 Å². The van der Waals surface area contributed by atoms with Gasteiger partial charge in [-0.15, -0.1) is 0 Å². The predicted molar refractivity (Wildman–Crippen MR) is 115 cm³/mol. The maximum Gasteiger partial charge on any atom is 0.259 e. The summed E-state index contributed by atoms with van der Waals surface area (Å²) in [5.41, 5.74) is 4.02. The van der Waals surface area contributed by atoms with E-state index in [1.165, 1.54) is 5.56 Å². The molecule has 4 aromatic rings. The van der Waals surface area contributed by atoms with Crippen molar-refractivity contribution in [3.05, 3.63) is 60.2 Å². The standard InChI is InChI=1S/C23H23N5O/c1-16-7-9-17(10-8-16)22-25-23(29-26-22)19-15-21(28-13-11-27(2)12-14-28)24-20-6-4-3-5-18(19)20/h3-10,15H,11-14H2,1-2H3. The molecular weight excluding hydrogens is 362 g/mol. The van der Waals surface area contributed by atoms with E-state index in [4.69, 9.17) is 14.5 Å². The van der Waals surface area contributed by atoms with Crippen molar-refractivity contribution in [2.45, 2.75) is 6.92 Å². The van der Waals surface area contributed by atoms with Crippen LogP contribution in [0.25, 0.3) is 33.7 Å². The van der Waals surface area contributed by atoms with Crippen LogP contribution in [-0.2, 0) is 0 Å². The highest BCUT2D eigenvalue weighted by Crippen LogP contribution is 2.32. The second kappa shape index (κ2) is 7.29. The van der Waals surface area contributed by atoms with Crippen molar-refractivity contribution in [2.75, 3.05) is 38.1 Å². The number of hydrogen-bond acceptors (Lipinski definition) is 6. The Morgan fingerprint density at radius 2 is 1.66 bits per heavy atom. The highest BCUT2D eigenvalue weighted by Gasteiger charge is 2.20. The Bertz CT molecular complexity index is 1140. The van der Waals surface area contributed by atoms with Gasteiger partial charge in [0.15, 0.2) is 0 Å². The van der Waals surface area contributed by atoms with Gasteiger partial charge < -0.3 is 14.3 Å². The molecule has 6 heteroatoms. The minimum atomic E-state index is 0.523. The molecule has 6 nitrogen and oxygen atoms in total. The number of aromatic nitrogens is 3. The predicted octanol–water partition coefficient (Wildman–Crippen LogP) is 4.01. The minimum absolute atomic E-state index is 0.523. The molecule has 1 fully saturated rings. The number of aryl methyl sites for hydroxylation is 1. The molecule has 0 spiro atoms. The van der Waals surface area contributed by atoms with Crippen LogP contribution in [0.4, 0.5) is 5.82 Å². The van der Waals surface area contributed by atoms with Crippen LogP contribution in [0.2, 0.25) is 0 Å². The smallest absolute Gasteiger partial charge is 0.259 e. The van der Waals surface area contributed by atoms with Crippen LogP contribution in [0.15, 0.2) is 59.1 Å². The largest absolute Gasteiger partial charge is 0.354 e. The fourth-order valence-electron chi connectivity index (χ4n) is 3.69. The normalized spacial score (nSPS) is 15.2. The Labute approximate surface area is 169 Å². The Morgan fingerprint density at radius 1 is 0.897 bits per heavy atom. The first kappa shape index (κ1) is 17.8. The lowest BCUT2D eigenvalue weighted by atomic mass is 10.1. The Hall–Kier alpha value is -3.25. The summed E-state index contributed by atoms with van der Waals surface area (Å²) in [5.74, 6) is 2.08. The van der Waals surface area contributed by atoms with Crippen molar-refractivity contribution >= 4 is 16.7 Å². The summed E-state index contributed by atoms with van der Waals surface area (Å²) in [4.78, 5) is 14.3. The molecular formula is C23H23N5O. The number of pyridine rings is 1. The third kappa shape index (κ3) is 3.47. The van der Waals surface area contributed by atoms with Crippen LogP contribution < -0.4 is 4.90 Å². The van der Waals surface area contributed by atoms with E-state index in [1.54, 1.807) is 0 Å². The quantitative estimate of drug-likeness (QED) is 0.531. The lowest BCUT2D eigenvalue weighted by Gasteiger charge is -2.33. The van der Waals surface area contributed by atoms with E-state index in [2.05, 4.69) is 53.2 Å². The van der Waals surface area contributed by atoms with Crippen LogP contribution in [-0.4, -0.2) is 53.3 Å². The van der Waals surface area contributed by atoms with E-state index in [1.807, 2.05) is 30.3 Å². The molecule has 0 N–H and O–H groups in total. The fraction of sp³-hybridized carbons (Fsp3) is 0.261. The van der Waals surface area contributed by atoms with Gasteiger partial charge in [-0.05, 0) is 26.1 Å². The molecule has 0 amide bonds. The molecule has 29 heavy (non-hydrogen) atoms. The van der Waals surface area contributed by atoms with Gasteiger partial charge in [-0.1, -0.05) is 53.2 Å². The summed E-state index contributed by atoms with van der Waals surface area (Å²) in [6.07, 6.45) is 0. The van der Waals surface area contributed by atoms with Crippen LogP contribution in [0.1, 0.15) is 5.56 Å². The zero-order valence-electron chi connectivity index (χ0n) is 16.7. The van der Waals surface area contributed by atoms with Gasteiger partial charge in [-0.25, -0.2) is 4.98 Å². The third-order valence-electron chi connectivity index (χ3n) is 5.50. The fourth-order valence-corrected chi connectivity index (χ4v) is 3.69. The summed E-state index contributed by atoms with van der Waals surface area (Å²) >= 11 is 0. The zero-order chi connectivity index (χ0) is 19.8. The van der Waals surface area contributed by atoms with E-state index in [-0.39, 0.29) is 0 Å². The average Bonchev–Trinajstić information content (AvgIpc) is 3.24. The molecule has 146 valence electrons. The number of piperazine rings is 1. The topological polar surface area (TPSA) is 58.3 Å². The zero-order valence-corrected chi connectivity index (χ0v) is 16.7. The van der Waals surface area contributed by atoms with Crippen molar-refractivity contribution in [3.63, 3.8) is 0 Å². The van der Waals surface area contributed by atoms with Crippen molar-refractivity contribution in [1.29, 1.82) is 0 Å². The van der Waals surface area contributed by atoms with Gasteiger partial charge in [0.05, 0.1) is 11.1 Å². The molecule has 0 atom stereocenters. The highest BCUT2D eigenvalue weighted by molar-refractivity contribution is 5.94. The van der Waals surface area contributed by atoms with Crippen molar-refractivity contribution < 1.29 is 4.52 Å². The summed E-state index contributed by atoms with van der Waals surface area (Å²) in [6.45, 7) is 6.04. The molecule has 5 rings (SSSR count). The Kier molecular flexibility index (Phi) is 4.48. The van der Waals surface area contributed by atoms with Crippen LogP contribution in [0, 0.1) is 6.92 Å². The molecule has 0 aliphatic carbocycles. The number of benzene rings is 2. The summed E-state index contributed by atoms with van der Waals surface area (Å²) in [6, 6.07) is 18.3. The van der Waals surface area contributed by atoms with E-state index >= 15 is 0 Å². The van der Waals surface area contributed by atoms with Gasteiger partial charge in [0.2, 0.25) is 5.82 Å². The number of para-hydroxylation sites is 1. The number of anilines is 1. The monoisotopic (exact) mass is 385 g/mol. The minimum Gasteiger partial charge on any atom is -0.354 e. The maximum absolute atomic E-state index is 5.69.